The summed E-state index contributed by atoms with van der Waals surface area (Å²) in [5.41, 5.74) is 1.86. The summed E-state index contributed by atoms with van der Waals surface area (Å²) in [6.45, 7) is 3.39. The summed E-state index contributed by atoms with van der Waals surface area (Å²) >= 11 is 11.8. The SMILES string of the molecule is C=CC(=O)Nc1cccc(-c2nc(Cl)ncc2Cl)c1. The Morgan fingerprint density at radius 3 is 2.89 bits per heavy atom. The molecule has 0 radical (unpaired) electrons. The first kappa shape index (κ1) is 13.5. The minimum absolute atomic E-state index is 0.111. The third-order valence-electron chi connectivity index (χ3n) is 2.30. The topological polar surface area (TPSA) is 54.9 Å². The highest BCUT2D eigenvalue weighted by Crippen LogP contribution is 2.27. The van der Waals surface area contributed by atoms with Crippen molar-refractivity contribution in [3.63, 3.8) is 0 Å². The van der Waals surface area contributed by atoms with Crippen molar-refractivity contribution in [2.24, 2.45) is 0 Å². The van der Waals surface area contributed by atoms with E-state index >= 15 is 0 Å². The third-order valence-corrected chi connectivity index (χ3v) is 2.76. The fourth-order valence-corrected chi connectivity index (χ4v) is 1.82. The highest BCUT2D eigenvalue weighted by Gasteiger charge is 2.08. The van der Waals surface area contributed by atoms with E-state index in [0.29, 0.717) is 16.4 Å². The van der Waals surface area contributed by atoms with E-state index in [4.69, 9.17) is 23.2 Å². The zero-order chi connectivity index (χ0) is 13.8. The molecule has 19 heavy (non-hydrogen) atoms. The van der Waals surface area contributed by atoms with Crippen LogP contribution in [0.1, 0.15) is 0 Å². The summed E-state index contributed by atoms with van der Waals surface area (Å²) in [6, 6.07) is 7.09. The second-order valence-electron chi connectivity index (χ2n) is 3.61. The van der Waals surface area contributed by atoms with Crippen molar-refractivity contribution in [2.75, 3.05) is 5.32 Å². The second-order valence-corrected chi connectivity index (χ2v) is 4.36. The number of hydrogen-bond donors (Lipinski definition) is 1. The van der Waals surface area contributed by atoms with Crippen LogP contribution in [0.25, 0.3) is 11.3 Å². The van der Waals surface area contributed by atoms with Crippen molar-refractivity contribution >= 4 is 34.8 Å². The molecule has 1 heterocycles. The maximum absolute atomic E-state index is 11.2. The number of aromatic nitrogens is 2. The van der Waals surface area contributed by atoms with E-state index < -0.39 is 0 Å². The van der Waals surface area contributed by atoms with E-state index in [1.807, 2.05) is 6.07 Å². The quantitative estimate of drug-likeness (QED) is 0.695. The molecule has 1 aromatic heterocycles. The predicted octanol–water partition coefficient (Wildman–Crippen LogP) is 3.57. The molecule has 4 nitrogen and oxygen atoms in total. The molecule has 0 saturated heterocycles. The molecular weight excluding hydrogens is 285 g/mol. The van der Waals surface area contributed by atoms with Gasteiger partial charge in [0.15, 0.2) is 0 Å². The molecule has 2 aromatic rings. The lowest BCUT2D eigenvalue weighted by atomic mass is 10.1. The Morgan fingerprint density at radius 1 is 1.37 bits per heavy atom. The van der Waals surface area contributed by atoms with Crippen LogP contribution in [0.2, 0.25) is 10.3 Å². The van der Waals surface area contributed by atoms with Crippen LogP contribution in [-0.2, 0) is 4.79 Å². The molecule has 0 unspecified atom stereocenters. The zero-order valence-corrected chi connectivity index (χ0v) is 11.2. The number of anilines is 1. The first-order valence-electron chi connectivity index (χ1n) is 5.32. The van der Waals surface area contributed by atoms with Gasteiger partial charge < -0.3 is 5.32 Å². The highest BCUT2D eigenvalue weighted by molar-refractivity contribution is 6.33. The number of rotatable bonds is 3. The maximum Gasteiger partial charge on any atom is 0.247 e. The summed E-state index contributed by atoms with van der Waals surface area (Å²) in [7, 11) is 0. The summed E-state index contributed by atoms with van der Waals surface area (Å²) in [5.74, 6) is -0.288. The molecule has 96 valence electrons. The fraction of sp³-hybridized carbons (Fsp3) is 0. The Labute approximate surface area is 120 Å². The van der Waals surface area contributed by atoms with Gasteiger partial charge in [-0.15, -0.1) is 0 Å². The first-order valence-corrected chi connectivity index (χ1v) is 6.07. The molecule has 0 bridgehead atoms. The summed E-state index contributed by atoms with van der Waals surface area (Å²) in [6.07, 6.45) is 2.63. The number of hydrogen-bond acceptors (Lipinski definition) is 3. The molecule has 0 spiro atoms. The first-order chi connectivity index (χ1) is 9.10. The number of amides is 1. The van der Waals surface area contributed by atoms with Crippen LogP contribution in [0.5, 0.6) is 0 Å². The van der Waals surface area contributed by atoms with E-state index in [0.717, 1.165) is 5.56 Å². The van der Waals surface area contributed by atoms with E-state index in [2.05, 4.69) is 21.9 Å². The van der Waals surface area contributed by atoms with Crippen molar-refractivity contribution in [1.29, 1.82) is 0 Å². The van der Waals surface area contributed by atoms with Gasteiger partial charge in [-0.25, -0.2) is 9.97 Å². The van der Waals surface area contributed by atoms with Crippen LogP contribution in [0.15, 0.2) is 43.1 Å². The standard InChI is InChI=1S/C13H9Cl2N3O/c1-2-11(19)17-9-5-3-4-8(6-9)12-10(14)7-16-13(15)18-12/h2-7H,1H2,(H,17,19). The third kappa shape index (κ3) is 3.30. The van der Waals surface area contributed by atoms with E-state index in [1.165, 1.54) is 12.3 Å². The smallest absolute Gasteiger partial charge is 0.247 e. The monoisotopic (exact) mass is 293 g/mol. The predicted molar refractivity (Wildman–Crippen MR) is 76.3 cm³/mol. The van der Waals surface area contributed by atoms with Gasteiger partial charge in [0.1, 0.15) is 0 Å². The van der Waals surface area contributed by atoms with E-state index in [-0.39, 0.29) is 11.2 Å². The molecular formula is C13H9Cl2N3O. The van der Waals surface area contributed by atoms with Gasteiger partial charge in [0, 0.05) is 11.3 Å². The minimum atomic E-state index is -0.288. The molecule has 1 aromatic carbocycles. The zero-order valence-electron chi connectivity index (χ0n) is 9.73. The Hall–Kier alpha value is -1.91. The number of nitrogens with one attached hydrogen (secondary N) is 1. The average Bonchev–Trinajstić information content (AvgIpc) is 2.41. The Balaban J connectivity index is 2.40. The number of benzene rings is 1. The molecule has 0 fully saturated rings. The lowest BCUT2D eigenvalue weighted by molar-refractivity contribution is -0.111. The molecule has 2 rings (SSSR count). The van der Waals surface area contributed by atoms with Crippen molar-refractivity contribution in [2.45, 2.75) is 0 Å². The lowest BCUT2D eigenvalue weighted by Crippen LogP contribution is -2.07. The summed E-state index contributed by atoms with van der Waals surface area (Å²) < 4.78 is 0. The van der Waals surface area contributed by atoms with Gasteiger partial charge in [0.2, 0.25) is 11.2 Å². The molecule has 0 aliphatic carbocycles. The normalized spacial score (nSPS) is 10.0. The van der Waals surface area contributed by atoms with Gasteiger partial charge in [-0.3, -0.25) is 4.79 Å². The van der Waals surface area contributed by atoms with Gasteiger partial charge in [-0.1, -0.05) is 30.3 Å². The Kier molecular flexibility index (Phi) is 4.14. The fourth-order valence-electron chi connectivity index (χ4n) is 1.49. The number of carbonyl (C=O) groups is 1. The molecule has 0 saturated carbocycles. The second kappa shape index (κ2) is 5.82. The van der Waals surface area contributed by atoms with E-state index in [1.54, 1.807) is 18.2 Å². The van der Waals surface area contributed by atoms with Crippen LogP contribution in [0, 0.1) is 0 Å². The van der Waals surface area contributed by atoms with Gasteiger partial charge in [0.05, 0.1) is 16.9 Å². The molecule has 0 atom stereocenters. The highest BCUT2D eigenvalue weighted by atomic mass is 35.5. The Morgan fingerprint density at radius 2 is 2.16 bits per heavy atom. The largest absolute Gasteiger partial charge is 0.323 e. The van der Waals surface area contributed by atoms with Crippen molar-refractivity contribution < 1.29 is 4.79 Å². The van der Waals surface area contributed by atoms with Crippen molar-refractivity contribution in [1.82, 2.24) is 9.97 Å². The summed E-state index contributed by atoms with van der Waals surface area (Å²) in [5, 5.41) is 3.16. The molecule has 1 N–H and O–H groups in total. The number of halogens is 2. The number of nitrogens with zero attached hydrogens (tertiary/aromatic N) is 2. The maximum atomic E-state index is 11.2. The minimum Gasteiger partial charge on any atom is -0.323 e. The molecule has 0 aliphatic heterocycles. The van der Waals surface area contributed by atoms with Gasteiger partial charge in [-0.05, 0) is 29.8 Å². The molecule has 6 heteroatoms. The average molecular weight is 294 g/mol. The van der Waals surface area contributed by atoms with Crippen LogP contribution >= 0.6 is 23.2 Å². The van der Waals surface area contributed by atoms with E-state index in [9.17, 15) is 4.79 Å². The van der Waals surface area contributed by atoms with Gasteiger partial charge in [-0.2, -0.15) is 0 Å². The van der Waals surface area contributed by atoms with Crippen LogP contribution < -0.4 is 5.32 Å². The van der Waals surface area contributed by atoms with Gasteiger partial charge >= 0.3 is 0 Å². The summed E-state index contributed by atoms with van der Waals surface area (Å²) in [4.78, 5) is 19.1. The lowest BCUT2D eigenvalue weighted by Gasteiger charge is -2.07. The molecule has 0 aliphatic rings. The number of carbonyl (C=O) groups excluding carboxylic acids is 1. The molecule has 1 amide bonds. The van der Waals surface area contributed by atoms with Crippen molar-refractivity contribution in [3.05, 3.63) is 53.4 Å². The Bertz CT molecular complexity index is 644. The van der Waals surface area contributed by atoms with Crippen LogP contribution in [-0.4, -0.2) is 15.9 Å². The van der Waals surface area contributed by atoms with Crippen LogP contribution in [0.4, 0.5) is 5.69 Å². The van der Waals surface area contributed by atoms with Gasteiger partial charge in [0.25, 0.3) is 0 Å². The van der Waals surface area contributed by atoms with Crippen LogP contribution in [0.3, 0.4) is 0 Å². The van der Waals surface area contributed by atoms with Crippen molar-refractivity contribution in [3.8, 4) is 11.3 Å².